The summed E-state index contributed by atoms with van der Waals surface area (Å²) in [5, 5.41) is 0.0244. The molecule has 0 aliphatic heterocycles. The summed E-state index contributed by atoms with van der Waals surface area (Å²) >= 11 is 12.3. The first-order valence-electron chi connectivity index (χ1n) is 7.77. The third-order valence-corrected chi connectivity index (χ3v) is 4.04. The van der Waals surface area contributed by atoms with Crippen LogP contribution in [0.3, 0.4) is 0 Å². The minimum atomic E-state index is -0.802. The van der Waals surface area contributed by atoms with Crippen molar-refractivity contribution in [3.8, 4) is 11.4 Å². The Morgan fingerprint density at radius 3 is 2.50 bits per heavy atom. The molecule has 0 radical (unpaired) electrons. The number of aromatic nitrogens is 1. The van der Waals surface area contributed by atoms with Gasteiger partial charge in [-0.2, -0.15) is 0 Å². The molecule has 0 saturated carbocycles. The number of ether oxygens (including phenoxy) is 3. The molecule has 1 heterocycles. The molecular weight excluding hydrogens is 388 g/mol. The van der Waals surface area contributed by atoms with Crippen LogP contribution in [0.25, 0.3) is 5.69 Å². The van der Waals surface area contributed by atoms with Crippen LogP contribution in [0, 0.1) is 5.82 Å². The summed E-state index contributed by atoms with van der Waals surface area (Å²) in [4.78, 5) is 12.2. The van der Waals surface area contributed by atoms with Crippen molar-refractivity contribution in [2.75, 3.05) is 27.1 Å². The van der Waals surface area contributed by atoms with Gasteiger partial charge >= 0.3 is 5.76 Å². The van der Waals surface area contributed by atoms with Crippen LogP contribution in [0.5, 0.6) is 5.75 Å². The van der Waals surface area contributed by atoms with Crippen molar-refractivity contribution in [3.63, 3.8) is 0 Å². The fourth-order valence-electron chi connectivity index (χ4n) is 2.13. The molecule has 0 bridgehead atoms. The largest absolute Gasteiger partial charge is 0.466 e. The molecule has 26 heavy (non-hydrogen) atoms. The van der Waals surface area contributed by atoms with Crippen molar-refractivity contribution in [2.24, 2.45) is 0 Å². The normalized spacial score (nSPS) is 11.8. The molecule has 1 aromatic carbocycles. The number of nitrogens with zero attached hydrogens (tertiary/aromatic N) is 1. The second-order valence-electron chi connectivity index (χ2n) is 6.47. The van der Waals surface area contributed by atoms with E-state index in [2.05, 4.69) is 0 Å². The van der Waals surface area contributed by atoms with Gasteiger partial charge in [-0.3, -0.25) is 0 Å². The number of hydrogen-bond donors (Lipinski definition) is 0. The molecular formula is C17H20Cl2FNO5. The van der Waals surface area contributed by atoms with Crippen LogP contribution in [0.1, 0.15) is 26.5 Å². The van der Waals surface area contributed by atoms with Crippen molar-refractivity contribution in [3.05, 3.63) is 44.4 Å². The van der Waals surface area contributed by atoms with E-state index in [1.54, 1.807) is 7.11 Å². The van der Waals surface area contributed by atoms with Crippen LogP contribution in [0.2, 0.25) is 10.2 Å². The molecule has 0 spiro atoms. The molecule has 2 aromatic rings. The molecule has 0 N–H and O–H groups in total. The van der Waals surface area contributed by atoms with E-state index in [1.165, 1.54) is 6.07 Å². The van der Waals surface area contributed by atoms with Gasteiger partial charge in [0.2, 0.25) is 0 Å². The predicted octanol–water partition coefficient (Wildman–Crippen LogP) is 4.17. The molecule has 9 heteroatoms. The Morgan fingerprint density at radius 2 is 1.92 bits per heavy atom. The third kappa shape index (κ3) is 4.59. The number of halogens is 3. The molecule has 0 unspecified atom stereocenters. The first-order valence-corrected chi connectivity index (χ1v) is 8.53. The zero-order chi connectivity index (χ0) is 19.5. The smallest absolute Gasteiger partial charge is 0.425 e. The Morgan fingerprint density at radius 1 is 1.23 bits per heavy atom. The summed E-state index contributed by atoms with van der Waals surface area (Å²) in [5.74, 6) is -1.15. The first kappa shape index (κ1) is 20.8. The highest BCUT2D eigenvalue weighted by molar-refractivity contribution is 6.32. The second kappa shape index (κ2) is 8.43. The SMILES string of the molecule is COCCOCOc1cc(-n2c(Cl)c(C(C)(C)C)oc2=O)c(F)cc1Cl. The molecule has 1 aromatic heterocycles. The summed E-state index contributed by atoms with van der Waals surface area (Å²) < 4.78 is 36.0. The van der Waals surface area contributed by atoms with Crippen LogP contribution in [0.15, 0.2) is 21.3 Å². The van der Waals surface area contributed by atoms with Gasteiger partial charge < -0.3 is 18.6 Å². The van der Waals surface area contributed by atoms with Gasteiger partial charge in [0.05, 0.1) is 23.9 Å². The molecule has 0 amide bonds. The van der Waals surface area contributed by atoms with Crippen molar-refractivity contribution in [2.45, 2.75) is 26.2 Å². The van der Waals surface area contributed by atoms with Crippen LogP contribution in [0.4, 0.5) is 4.39 Å². The Bertz CT molecular complexity index is 826. The van der Waals surface area contributed by atoms with Gasteiger partial charge in [0.1, 0.15) is 11.6 Å². The Labute approximate surface area is 160 Å². The fraction of sp³-hybridized carbons (Fsp3) is 0.471. The first-order chi connectivity index (χ1) is 12.2. The van der Waals surface area contributed by atoms with E-state index in [0.717, 1.165) is 10.6 Å². The summed E-state index contributed by atoms with van der Waals surface area (Å²) in [6.45, 7) is 6.09. The van der Waals surface area contributed by atoms with Gasteiger partial charge in [0.25, 0.3) is 0 Å². The maximum atomic E-state index is 14.4. The average molecular weight is 408 g/mol. The van der Waals surface area contributed by atoms with Crippen LogP contribution >= 0.6 is 23.2 Å². The van der Waals surface area contributed by atoms with E-state index in [0.29, 0.717) is 13.2 Å². The van der Waals surface area contributed by atoms with Gasteiger partial charge in [0.15, 0.2) is 17.7 Å². The monoisotopic (exact) mass is 407 g/mol. The average Bonchev–Trinajstić information content (AvgIpc) is 2.84. The molecule has 0 aliphatic carbocycles. The molecule has 6 nitrogen and oxygen atoms in total. The van der Waals surface area contributed by atoms with E-state index >= 15 is 0 Å². The van der Waals surface area contributed by atoms with Crippen molar-refractivity contribution < 1.29 is 23.0 Å². The third-order valence-electron chi connectivity index (χ3n) is 3.41. The lowest BCUT2D eigenvalue weighted by Crippen LogP contribution is -2.14. The van der Waals surface area contributed by atoms with Gasteiger partial charge in [0, 0.05) is 18.6 Å². The van der Waals surface area contributed by atoms with E-state index in [1.807, 2.05) is 20.8 Å². The molecule has 0 aliphatic rings. The molecule has 0 fully saturated rings. The number of benzene rings is 1. The van der Waals surface area contributed by atoms with Crippen LogP contribution < -0.4 is 10.5 Å². The molecule has 0 saturated heterocycles. The summed E-state index contributed by atoms with van der Waals surface area (Å²) in [6, 6.07) is 2.31. The molecule has 2 rings (SSSR count). The lowest BCUT2D eigenvalue weighted by Gasteiger charge is -2.15. The summed E-state index contributed by atoms with van der Waals surface area (Å²) in [6.07, 6.45) is 0. The second-order valence-corrected chi connectivity index (χ2v) is 7.24. The van der Waals surface area contributed by atoms with Crippen molar-refractivity contribution >= 4 is 23.2 Å². The Hall–Kier alpha value is -1.54. The van der Waals surface area contributed by atoms with Crippen LogP contribution in [-0.2, 0) is 14.9 Å². The Balaban J connectivity index is 2.37. The number of hydrogen-bond acceptors (Lipinski definition) is 5. The highest BCUT2D eigenvalue weighted by Crippen LogP contribution is 2.34. The maximum absolute atomic E-state index is 14.4. The van der Waals surface area contributed by atoms with Gasteiger partial charge in [-0.05, 0) is 6.07 Å². The molecule has 0 atom stereocenters. The standard InChI is InChI=1S/C17H20Cl2FNO5/c1-17(2,3)14-15(19)21(16(22)26-14)12-8-13(10(18)7-11(12)20)25-9-24-6-5-23-4/h7-8H,5-6,9H2,1-4H3. The number of oxazole rings is 1. The zero-order valence-corrected chi connectivity index (χ0v) is 16.4. The quantitative estimate of drug-likeness (QED) is 0.508. The van der Waals surface area contributed by atoms with E-state index in [9.17, 15) is 9.18 Å². The van der Waals surface area contributed by atoms with Crippen molar-refractivity contribution in [1.29, 1.82) is 0 Å². The predicted molar refractivity (Wildman–Crippen MR) is 96.3 cm³/mol. The zero-order valence-electron chi connectivity index (χ0n) is 14.9. The van der Waals surface area contributed by atoms with Crippen molar-refractivity contribution in [1.82, 2.24) is 4.57 Å². The van der Waals surface area contributed by atoms with E-state index in [4.69, 9.17) is 41.8 Å². The lowest BCUT2D eigenvalue weighted by atomic mass is 9.94. The summed E-state index contributed by atoms with van der Waals surface area (Å²) in [7, 11) is 1.55. The highest BCUT2D eigenvalue weighted by Gasteiger charge is 2.28. The van der Waals surface area contributed by atoms with Crippen LogP contribution in [-0.4, -0.2) is 31.7 Å². The topological polar surface area (TPSA) is 62.8 Å². The molecule has 144 valence electrons. The van der Waals surface area contributed by atoms with E-state index in [-0.39, 0.29) is 34.2 Å². The van der Waals surface area contributed by atoms with E-state index < -0.39 is 17.0 Å². The lowest BCUT2D eigenvalue weighted by molar-refractivity contribution is -0.00845. The summed E-state index contributed by atoms with van der Waals surface area (Å²) in [5.41, 5.74) is -0.658. The highest BCUT2D eigenvalue weighted by atomic mass is 35.5. The minimum absolute atomic E-state index is 0.00832. The van der Waals surface area contributed by atoms with Gasteiger partial charge in [-0.25, -0.2) is 13.8 Å². The van der Waals surface area contributed by atoms with Gasteiger partial charge in [-0.1, -0.05) is 44.0 Å². The number of rotatable bonds is 7. The fourth-order valence-corrected chi connectivity index (χ4v) is 2.82. The maximum Gasteiger partial charge on any atom is 0.425 e. The Kier molecular flexibility index (Phi) is 6.74. The number of methoxy groups -OCH3 is 1. The minimum Gasteiger partial charge on any atom is -0.466 e. The van der Waals surface area contributed by atoms with Gasteiger partial charge in [-0.15, -0.1) is 0 Å².